The second-order valence-electron chi connectivity index (χ2n) is 6.83. The molecule has 0 spiro atoms. The number of non-ortho nitro benzene ring substituents is 1. The summed E-state index contributed by atoms with van der Waals surface area (Å²) in [4.78, 5) is 23.8. The molecule has 1 aliphatic rings. The molecule has 3 rings (SSSR count). The number of nitro groups is 1. The minimum absolute atomic E-state index is 0.00978. The summed E-state index contributed by atoms with van der Waals surface area (Å²) in [6.45, 7) is 3.93. The molecule has 0 fully saturated rings. The highest BCUT2D eigenvalue weighted by atomic mass is 79.9. The zero-order chi connectivity index (χ0) is 21.1. The van der Waals surface area contributed by atoms with E-state index in [1.54, 1.807) is 6.07 Å². The summed E-state index contributed by atoms with van der Waals surface area (Å²) in [5.41, 5.74) is 2.32. The molecule has 0 saturated carbocycles. The van der Waals surface area contributed by atoms with E-state index in [1.165, 1.54) is 18.2 Å². The molecule has 0 saturated heterocycles. The Kier molecular flexibility index (Phi) is 6.29. The van der Waals surface area contributed by atoms with Crippen LogP contribution in [0.2, 0.25) is 0 Å². The number of nitrogens with one attached hydrogen (secondary N) is 3. The van der Waals surface area contributed by atoms with Gasteiger partial charge in [-0.15, -0.1) is 0 Å². The second kappa shape index (κ2) is 8.71. The fraction of sp³-hybridized carbons (Fsp3) is 0.200. The summed E-state index contributed by atoms with van der Waals surface area (Å²) in [7, 11) is 0. The molecule has 1 unspecified atom stereocenters. The number of carbonyl (C=O) groups is 1. The third-order valence-corrected chi connectivity index (χ3v) is 5.13. The third kappa shape index (κ3) is 4.80. The SMILES string of the molecule is CC(C)C1=C(C(=O)Nc2cccc([N+](=O)[O-])c2)C(c2cccc(Br)c2)NC(=S)N1. The first-order chi connectivity index (χ1) is 13.8. The lowest BCUT2D eigenvalue weighted by atomic mass is 9.91. The number of rotatable bonds is 5. The van der Waals surface area contributed by atoms with Crippen LogP contribution in [0.3, 0.4) is 0 Å². The van der Waals surface area contributed by atoms with Crippen molar-refractivity contribution in [2.45, 2.75) is 19.9 Å². The van der Waals surface area contributed by atoms with Crippen molar-refractivity contribution in [1.29, 1.82) is 0 Å². The van der Waals surface area contributed by atoms with Gasteiger partial charge in [-0.25, -0.2) is 0 Å². The number of thiocarbonyl (C=S) groups is 1. The number of hydrogen-bond donors (Lipinski definition) is 3. The fourth-order valence-corrected chi connectivity index (χ4v) is 3.77. The fourth-order valence-electron chi connectivity index (χ4n) is 3.13. The van der Waals surface area contributed by atoms with Crippen molar-refractivity contribution in [2.24, 2.45) is 5.92 Å². The van der Waals surface area contributed by atoms with E-state index in [0.717, 1.165) is 10.0 Å². The molecule has 7 nitrogen and oxygen atoms in total. The first-order valence-corrected chi connectivity index (χ1v) is 10.1. The van der Waals surface area contributed by atoms with Gasteiger partial charge in [-0.2, -0.15) is 0 Å². The van der Waals surface area contributed by atoms with E-state index in [-0.39, 0.29) is 17.5 Å². The molecule has 1 atom stereocenters. The van der Waals surface area contributed by atoms with E-state index in [4.69, 9.17) is 12.2 Å². The van der Waals surface area contributed by atoms with Gasteiger partial charge in [0, 0.05) is 28.0 Å². The van der Waals surface area contributed by atoms with Gasteiger partial charge in [0.25, 0.3) is 11.6 Å². The maximum absolute atomic E-state index is 13.3. The van der Waals surface area contributed by atoms with Crippen molar-refractivity contribution >= 4 is 50.5 Å². The molecule has 0 radical (unpaired) electrons. The Morgan fingerprint density at radius 1 is 1.24 bits per heavy atom. The van der Waals surface area contributed by atoms with Gasteiger partial charge >= 0.3 is 0 Å². The van der Waals surface area contributed by atoms with Gasteiger partial charge in [0.2, 0.25) is 0 Å². The molecule has 0 aliphatic carbocycles. The predicted molar refractivity (Wildman–Crippen MR) is 119 cm³/mol. The highest BCUT2D eigenvalue weighted by Crippen LogP contribution is 2.32. The molecule has 1 heterocycles. The molecule has 1 amide bonds. The Labute approximate surface area is 181 Å². The van der Waals surface area contributed by atoms with Crippen LogP contribution in [-0.4, -0.2) is 15.9 Å². The quantitative estimate of drug-likeness (QED) is 0.337. The van der Waals surface area contributed by atoms with Crippen molar-refractivity contribution in [1.82, 2.24) is 10.6 Å². The Hall–Kier alpha value is -2.78. The highest BCUT2D eigenvalue weighted by Gasteiger charge is 2.32. The topological polar surface area (TPSA) is 96.3 Å². The van der Waals surface area contributed by atoms with Crippen LogP contribution in [-0.2, 0) is 4.79 Å². The molecule has 2 aromatic carbocycles. The molecule has 29 heavy (non-hydrogen) atoms. The first kappa shape index (κ1) is 20.9. The summed E-state index contributed by atoms with van der Waals surface area (Å²) in [6, 6.07) is 13.0. The van der Waals surface area contributed by atoms with Crippen LogP contribution in [0, 0.1) is 16.0 Å². The molecule has 2 aromatic rings. The number of carbonyl (C=O) groups excluding carboxylic acids is 1. The third-order valence-electron chi connectivity index (χ3n) is 4.42. The van der Waals surface area contributed by atoms with E-state index in [2.05, 4.69) is 31.9 Å². The Morgan fingerprint density at radius 3 is 2.62 bits per heavy atom. The minimum atomic E-state index is -0.499. The average molecular weight is 475 g/mol. The Bertz CT molecular complexity index is 1020. The predicted octanol–water partition coefficient (Wildman–Crippen LogP) is 4.42. The lowest BCUT2D eigenvalue weighted by Gasteiger charge is -2.33. The number of anilines is 1. The minimum Gasteiger partial charge on any atom is -0.351 e. The first-order valence-electron chi connectivity index (χ1n) is 8.89. The van der Waals surface area contributed by atoms with Crippen LogP contribution in [0.25, 0.3) is 0 Å². The van der Waals surface area contributed by atoms with Crippen LogP contribution in [0.4, 0.5) is 11.4 Å². The summed E-state index contributed by atoms with van der Waals surface area (Å²) in [5.74, 6) is -0.350. The standard InChI is InChI=1S/C20H19BrN4O3S/c1-11(2)17-16(19(26)22-14-7-4-8-15(10-14)25(27)28)18(24-20(29)23-17)12-5-3-6-13(21)9-12/h3-11,18H,1-2H3,(H,22,26)(H2,23,24,29). The molecular formula is C20H19BrN4O3S. The van der Waals surface area contributed by atoms with Gasteiger partial charge in [-0.3, -0.25) is 14.9 Å². The lowest BCUT2D eigenvalue weighted by Crippen LogP contribution is -2.47. The monoisotopic (exact) mass is 474 g/mol. The smallest absolute Gasteiger partial charge is 0.271 e. The maximum Gasteiger partial charge on any atom is 0.271 e. The van der Waals surface area contributed by atoms with Gasteiger partial charge < -0.3 is 16.0 Å². The molecule has 1 aliphatic heterocycles. The van der Waals surface area contributed by atoms with Crippen LogP contribution in [0.15, 0.2) is 64.3 Å². The van der Waals surface area contributed by atoms with Crippen LogP contribution in [0.1, 0.15) is 25.5 Å². The van der Waals surface area contributed by atoms with E-state index in [1.807, 2.05) is 38.1 Å². The van der Waals surface area contributed by atoms with Crippen LogP contribution in [0.5, 0.6) is 0 Å². The molecule has 150 valence electrons. The summed E-state index contributed by atoms with van der Waals surface area (Å²) < 4.78 is 0.880. The molecule has 3 N–H and O–H groups in total. The van der Waals surface area contributed by atoms with Gasteiger partial charge in [0.1, 0.15) is 0 Å². The summed E-state index contributed by atoms with van der Waals surface area (Å²) in [6.07, 6.45) is 0. The number of allylic oxidation sites excluding steroid dienone is 1. The lowest BCUT2D eigenvalue weighted by molar-refractivity contribution is -0.384. The normalized spacial score (nSPS) is 16.3. The second-order valence-corrected chi connectivity index (χ2v) is 8.15. The number of amides is 1. The highest BCUT2D eigenvalue weighted by molar-refractivity contribution is 9.10. The van der Waals surface area contributed by atoms with Crippen molar-refractivity contribution in [3.8, 4) is 0 Å². The number of nitrogens with zero attached hydrogens (tertiary/aromatic N) is 1. The van der Waals surface area contributed by atoms with Gasteiger partial charge in [-0.05, 0) is 41.9 Å². The van der Waals surface area contributed by atoms with Crippen LogP contribution < -0.4 is 16.0 Å². The van der Waals surface area contributed by atoms with E-state index < -0.39 is 11.0 Å². The molecule has 0 bridgehead atoms. The van der Waals surface area contributed by atoms with Crippen molar-refractivity contribution in [2.75, 3.05) is 5.32 Å². The average Bonchev–Trinajstić information content (AvgIpc) is 2.67. The maximum atomic E-state index is 13.3. The zero-order valence-corrected chi connectivity index (χ0v) is 18.1. The van der Waals surface area contributed by atoms with E-state index >= 15 is 0 Å². The number of hydrogen-bond acceptors (Lipinski definition) is 4. The van der Waals surface area contributed by atoms with Gasteiger partial charge in [0.15, 0.2) is 5.11 Å². The van der Waals surface area contributed by atoms with Crippen molar-refractivity contribution < 1.29 is 9.72 Å². The van der Waals surface area contributed by atoms with Crippen molar-refractivity contribution in [3.63, 3.8) is 0 Å². The molecule has 0 aromatic heterocycles. The summed E-state index contributed by atoms with van der Waals surface area (Å²) in [5, 5.41) is 20.5. The van der Waals surface area contributed by atoms with Gasteiger partial charge in [0.05, 0.1) is 16.5 Å². The summed E-state index contributed by atoms with van der Waals surface area (Å²) >= 11 is 8.82. The number of halogens is 1. The van der Waals surface area contributed by atoms with E-state index in [0.29, 0.717) is 22.1 Å². The van der Waals surface area contributed by atoms with Crippen molar-refractivity contribution in [3.05, 3.63) is 80.0 Å². The Morgan fingerprint density at radius 2 is 1.97 bits per heavy atom. The number of benzene rings is 2. The molecular weight excluding hydrogens is 456 g/mol. The Balaban J connectivity index is 2.03. The van der Waals surface area contributed by atoms with E-state index in [9.17, 15) is 14.9 Å². The van der Waals surface area contributed by atoms with Crippen LogP contribution >= 0.6 is 28.1 Å². The van der Waals surface area contributed by atoms with Gasteiger partial charge in [-0.1, -0.05) is 48.0 Å². The number of nitro benzene ring substituents is 1. The largest absolute Gasteiger partial charge is 0.351 e. The molecule has 9 heteroatoms. The zero-order valence-electron chi connectivity index (χ0n) is 15.7.